The maximum atomic E-state index is 10.3. The lowest BCUT2D eigenvalue weighted by atomic mass is 9.95. The highest BCUT2D eigenvalue weighted by atomic mass is 16.5. The number of hydrogen-bond donors (Lipinski definition) is 1. The van der Waals surface area contributed by atoms with Gasteiger partial charge in [0.2, 0.25) is 6.23 Å². The van der Waals surface area contributed by atoms with Crippen LogP contribution < -0.4 is 9.47 Å². The molecule has 2 aliphatic heterocycles. The summed E-state index contributed by atoms with van der Waals surface area (Å²) in [6, 6.07) is 17.1. The molecule has 3 heterocycles. The molecule has 6 nitrogen and oxygen atoms in total. The minimum absolute atomic E-state index is 0.00747. The molecule has 2 aliphatic rings. The third-order valence-corrected chi connectivity index (χ3v) is 5.29. The zero-order valence-electron chi connectivity index (χ0n) is 16.0. The summed E-state index contributed by atoms with van der Waals surface area (Å²) < 4.78 is 12.3. The molecule has 2 aromatic carbocycles. The number of hydrogen-bond acceptors (Lipinski definition) is 6. The van der Waals surface area contributed by atoms with Crippen LogP contribution >= 0.6 is 0 Å². The molecule has 0 saturated carbocycles. The van der Waals surface area contributed by atoms with Crippen molar-refractivity contribution < 1.29 is 14.6 Å². The number of nitrogens with zero attached hydrogens (tertiary/aromatic N) is 3. The van der Waals surface area contributed by atoms with E-state index < -0.39 is 6.23 Å². The van der Waals surface area contributed by atoms with Gasteiger partial charge in [0, 0.05) is 35.5 Å². The number of benzene rings is 2. The van der Waals surface area contributed by atoms with Crippen molar-refractivity contribution in [2.45, 2.75) is 25.6 Å². The van der Waals surface area contributed by atoms with Gasteiger partial charge < -0.3 is 14.6 Å². The van der Waals surface area contributed by atoms with Crippen LogP contribution in [0.4, 0.5) is 0 Å². The number of fused-ring (bicyclic) bond motifs is 3. The van der Waals surface area contributed by atoms with Crippen LogP contribution in [-0.4, -0.2) is 27.4 Å². The molecule has 5 rings (SSSR count). The number of ether oxygens (including phenoxy) is 2. The molecule has 0 aliphatic carbocycles. The maximum absolute atomic E-state index is 10.3. The lowest BCUT2D eigenvalue weighted by molar-refractivity contribution is -0.0212. The molecule has 1 aromatic heterocycles. The molecule has 0 fully saturated rings. The molecule has 146 valence electrons. The van der Waals surface area contributed by atoms with Gasteiger partial charge in [-0.25, -0.2) is 5.01 Å². The van der Waals surface area contributed by atoms with Crippen molar-refractivity contribution in [1.82, 2.24) is 9.99 Å². The second-order valence-electron chi connectivity index (χ2n) is 7.02. The van der Waals surface area contributed by atoms with Crippen molar-refractivity contribution >= 4 is 5.71 Å². The number of aromatic hydroxyl groups is 1. The van der Waals surface area contributed by atoms with Crippen LogP contribution in [0.2, 0.25) is 0 Å². The fourth-order valence-electron chi connectivity index (χ4n) is 3.98. The van der Waals surface area contributed by atoms with Gasteiger partial charge in [0.15, 0.2) is 11.5 Å². The van der Waals surface area contributed by atoms with Crippen LogP contribution in [0.15, 0.2) is 72.1 Å². The van der Waals surface area contributed by atoms with E-state index in [1.165, 1.54) is 0 Å². The molecule has 29 heavy (non-hydrogen) atoms. The Kier molecular flexibility index (Phi) is 4.31. The fraction of sp³-hybridized carbons (Fsp3) is 0.217. The van der Waals surface area contributed by atoms with E-state index in [0.29, 0.717) is 13.0 Å². The Balaban J connectivity index is 1.63. The smallest absolute Gasteiger partial charge is 0.214 e. The van der Waals surface area contributed by atoms with Gasteiger partial charge >= 0.3 is 0 Å². The third-order valence-electron chi connectivity index (χ3n) is 5.29. The van der Waals surface area contributed by atoms with Crippen LogP contribution in [0.25, 0.3) is 0 Å². The van der Waals surface area contributed by atoms with Gasteiger partial charge in [0.25, 0.3) is 0 Å². The largest absolute Gasteiger partial charge is 0.507 e. The first-order valence-corrected chi connectivity index (χ1v) is 9.72. The Labute approximate surface area is 169 Å². The molecule has 6 heteroatoms. The molecule has 2 atom stereocenters. The summed E-state index contributed by atoms with van der Waals surface area (Å²) in [5.74, 6) is 1.72. The average molecular weight is 387 g/mol. The second-order valence-corrected chi connectivity index (χ2v) is 7.02. The summed E-state index contributed by atoms with van der Waals surface area (Å²) in [5.41, 5.74) is 3.59. The second kappa shape index (κ2) is 7.13. The SMILES string of the molecule is CCOc1cccc2c1O[C@H](c1ccncc1)N1N=C(c3ccccc3O)C[C@@H]21. The summed E-state index contributed by atoms with van der Waals surface area (Å²) in [4.78, 5) is 4.12. The van der Waals surface area contributed by atoms with Crippen LogP contribution in [0.1, 0.15) is 42.3 Å². The fourth-order valence-corrected chi connectivity index (χ4v) is 3.98. The van der Waals surface area contributed by atoms with Gasteiger partial charge in [-0.2, -0.15) is 5.10 Å². The molecule has 0 radical (unpaired) electrons. The lowest BCUT2D eigenvalue weighted by Crippen LogP contribution is -2.33. The standard InChI is InChI=1S/C23H21N3O3/c1-2-28-21-9-5-7-17-19-14-18(16-6-3-4-8-20(16)27)25-26(19)23(29-22(17)21)15-10-12-24-13-11-15/h3-13,19,23,27H,2,14H2,1H3/t19-,23+/m0/s1. The van der Waals surface area contributed by atoms with Gasteiger partial charge in [-0.1, -0.05) is 24.3 Å². The van der Waals surface area contributed by atoms with Crippen molar-refractivity contribution in [2.75, 3.05) is 6.61 Å². The van der Waals surface area contributed by atoms with Crippen LogP contribution in [0, 0.1) is 0 Å². The molecule has 0 saturated heterocycles. The van der Waals surface area contributed by atoms with E-state index in [9.17, 15) is 5.11 Å². The Morgan fingerprint density at radius 2 is 1.93 bits per heavy atom. The van der Waals surface area contributed by atoms with Crippen molar-refractivity contribution in [3.05, 3.63) is 83.7 Å². The van der Waals surface area contributed by atoms with E-state index in [1.807, 2.05) is 54.4 Å². The van der Waals surface area contributed by atoms with Crippen molar-refractivity contribution in [2.24, 2.45) is 5.10 Å². The predicted molar refractivity (Wildman–Crippen MR) is 109 cm³/mol. The Bertz CT molecular complexity index is 1070. The van der Waals surface area contributed by atoms with Crippen molar-refractivity contribution in [1.29, 1.82) is 0 Å². The predicted octanol–water partition coefficient (Wildman–Crippen LogP) is 4.43. The molecule has 0 amide bonds. The van der Waals surface area contributed by atoms with Gasteiger partial charge in [-0.05, 0) is 37.3 Å². The highest BCUT2D eigenvalue weighted by Crippen LogP contribution is 2.50. The highest BCUT2D eigenvalue weighted by Gasteiger charge is 2.42. The Hall–Kier alpha value is -3.54. The molecule has 0 unspecified atom stereocenters. The van der Waals surface area contributed by atoms with E-state index >= 15 is 0 Å². The molecule has 0 bridgehead atoms. The zero-order valence-corrected chi connectivity index (χ0v) is 16.0. The number of hydrazone groups is 1. The van der Waals surface area contributed by atoms with Crippen LogP contribution in [-0.2, 0) is 0 Å². The highest BCUT2D eigenvalue weighted by molar-refractivity contribution is 6.04. The number of para-hydroxylation sites is 2. The summed E-state index contributed by atoms with van der Waals surface area (Å²) in [6.07, 6.45) is 3.77. The van der Waals surface area contributed by atoms with E-state index in [0.717, 1.165) is 33.9 Å². The Morgan fingerprint density at radius 3 is 2.72 bits per heavy atom. The number of rotatable bonds is 4. The van der Waals surface area contributed by atoms with Crippen molar-refractivity contribution in [3.8, 4) is 17.2 Å². The van der Waals surface area contributed by atoms with E-state index in [4.69, 9.17) is 14.6 Å². The monoisotopic (exact) mass is 387 g/mol. The summed E-state index contributed by atoms with van der Waals surface area (Å²) >= 11 is 0. The van der Waals surface area contributed by atoms with E-state index in [1.54, 1.807) is 18.5 Å². The molecule has 0 spiro atoms. The van der Waals surface area contributed by atoms with Gasteiger partial charge in [0.1, 0.15) is 5.75 Å². The van der Waals surface area contributed by atoms with E-state index in [2.05, 4.69) is 11.1 Å². The molecule has 1 N–H and O–H groups in total. The normalized spacial score (nSPS) is 19.8. The summed E-state index contributed by atoms with van der Waals surface area (Å²) in [5, 5.41) is 17.2. The number of aromatic nitrogens is 1. The molecule has 3 aromatic rings. The third kappa shape index (κ3) is 2.97. The number of phenolic OH excluding ortho intramolecular Hbond substituents is 1. The first kappa shape index (κ1) is 17.6. The lowest BCUT2D eigenvalue weighted by Gasteiger charge is -2.38. The maximum Gasteiger partial charge on any atom is 0.214 e. The van der Waals surface area contributed by atoms with Gasteiger partial charge in [-0.3, -0.25) is 4.98 Å². The molecular weight excluding hydrogens is 366 g/mol. The van der Waals surface area contributed by atoms with E-state index in [-0.39, 0.29) is 11.8 Å². The minimum atomic E-state index is -0.402. The number of pyridine rings is 1. The number of phenols is 1. The van der Waals surface area contributed by atoms with Crippen LogP contribution in [0.3, 0.4) is 0 Å². The van der Waals surface area contributed by atoms with Gasteiger partial charge in [-0.15, -0.1) is 0 Å². The Morgan fingerprint density at radius 1 is 1.10 bits per heavy atom. The summed E-state index contributed by atoms with van der Waals surface area (Å²) in [7, 11) is 0. The molecular formula is C23H21N3O3. The van der Waals surface area contributed by atoms with Crippen LogP contribution in [0.5, 0.6) is 17.2 Å². The topological polar surface area (TPSA) is 67.2 Å². The summed E-state index contributed by atoms with van der Waals surface area (Å²) in [6.45, 7) is 2.53. The first-order valence-electron chi connectivity index (χ1n) is 9.72. The zero-order chi connectivity index (χ0) is 19.8. The van der Waals surface area contributed by atoms with Gasteiger partial charge in [0.05, 0.1) is 18.4 Å². The minimum Gasteiger partial charge on any atom is -0.507 e. The van der Waals surface area contributed by atoms with Crippen molar-refractivity contribution in [3.63, 3.8) is 0 Å². The average Bonchev–Trinajstić information content (AvgIpc) is 3.20. The quantitative estimate of drug-likeness (QED) is 0.717. The first-order chi connectivity index (χ1) is 14.3.